The smallest absolute Gasteiger partial charge is 0.0702 e. The Morgan fingerprint density at radius 1 is 1.21 bits per heavy atom. The highest BCUT2D eigenvalue weighted by molar-refractivity contribution is 5.81. The first-order valence-corrected chi connectivity index (χ1v) is 6.84. The van der Waals surface area contributed by atoms with E-state index in [1.165, 1.54) is 0 Å². The van der Waals surface area contributed by atoms with Crippen molar-refractivity contribution in [1.29, 1.82) is 0 Å². The topological polar surface area (TPSA) is 56.3 Å². The number of ether oxygens (including phenoxy) is 1. The summed E-state index contributed by atoms with van der Waals surface area (Å²) < 4.78 is 7.40. The Morgan fingerprint density at radius 2 is 2.05 bits per heavy atom. The van der Waals surface area contributed by atoms with E-state index >= 15 is 0 Å². The molecule has 1 saturated heterocycles. The number of hydrogen-bond acceptors (Lipinski definition) is 4. The molecule has 0 unspecified atom stereocenters. The zero-order valence-electron chi connectivity index (χ0n) is 11.1. The second-order valence-electron chi connectivity index (χ2n) is 4.99. The maximum absolute atomic E-state index is 5.83. The highest BCUT2D eigenvalue weighted by Gasteiger charge is 2.10. The summed E-state index contributed by atoms with van der Waals surface area (Å²) in [5, 5.41) is 5.59. The first kappa shape index (κ1) is 12.4. The average molecular weight is 260 g/mol. The first-order chi connectivity index (χ1) is 9.33. The fraction of sp³-hybridized carbons (Fsp3) is 0.500. The number of nitrogens with zero attached hydrogens (tertiary/aromatic N) is 3. The molecular weight excluding hydrogens is 240 g/mol. The summed E-state index contributed by atoms with van der Waals surface area (Å²) in [6, 6.07) is 5.94. The van der Waals surface area contributed by atoms with Crippen LogP contribution in [0, 0.1) is 0 Å². The first-order valence-electron chi connectivity index (χ1n) is 6.84. The van der Waals surface area contributed by atoms with Crippen LogP contribution in [0.5, 0.6) is 0 Å². The monoisotopic (exact) mass is 260 g/mol. The maximum Gasteiger partial charge on any atom is 0.0702 e. The fourth-order valence-corrected chi connectivity index (χ4v) is 2.53. The fourth-order valence-electron chi connectivity index (χ4n) is 2.53. The van der Waals surface area contributed by atoms with Crippen molar-refractivity contribution in [3.8, 4) is 0 Å². The Labute approximate surface area is 112 Å². The third kappa shape index (κ3) is 2.88. The van der Waals surface area contributed by atoms with E-state index in [2.05, 4.69) is 10.00 Å². The summed E-state index contributed by atoms with van der Waals surface area (Å²) in [6.07, 6.45) is 3.01. The van der Waals surface area contributed by atoms with E-state index in [0.717, 1.165) is 62.4 Å². The van der Waals surface area contributed by atoms with Gasteiger partial charge in [-0.25, -0.2) is 0 Å². The van der Waals surface area contributed by atoms with E-state index in [4.69, 9.17) is 10.5 Å². The molecule has 3 rings (SSSR count). The molecule has 0 atom stereocenters. The van der Waals surface area contributed by atoms with E-state index in [0.29, 0.717) is 0 Å². The molecule has 0 saturated carbocycles. The van der Waals surface area contributed by atoms with Crippen molar-refractivity contribution >= 4 is 16.6 Å². The lowest BCUT2D eigenvalue weighted by Gasteiger charge is -2.26. The minimum atomic E-state index is 0.794. The number of anilines is 1. The molecule has 2 N–H and O–H groups in total. The van der Waals surface area contributed by atoms with Crippen LogP contribution in [-0.2, 0) is 11.3 Å². The van der Waals surface area contributed by atoms with Gasteiger partial charge in [-0.05, 0) is 24.6 Å². The molecule has 0 radical (unpaired) electrons. The molecule has 1 aliphatic rings. The molecule has 19 heavy (non-hydrogen) atoms. The zero-order chi connectivity index (χ0) is 13.1. The molecule has 0 amide bonds. The zero-order valence-corrected chi connectivity index (χ0v) is 11.1. The van der Waals surface area contributed by atoms with E-state index in [1.807, 2.05) is 29.1 Å². The second kappa shape index (κ2) is 5.59. The highest BCUT2D eigenvalue weighted by atomic mass is 16.5. The minimum Gasteiger partial charge on any atom is -0.399 e. The molecule has 1 aliphatic heterocycles. The van der Waals surface area contributed by atoms with Crippen LogP contribution in [0.25, 0.3) is 10.9 Å². The van der Waals surface area contributed by atoms with Crippen LogP contribution in [0.3, 0.4) is 0 Å². The molecule has 2 heterocycles. The summed E-state index contributed by atoms with van der Waals surface area (Å²) in [5.74, 6) is 0. The minimum absolute atomic E-state index is 0.794. The van der Waals surface area contributed by atoms with Crippen LogP contribution in [0.4, 0.5) is 5.69 Å². The second-order valence-corrected chi connectivity index (χ2v) is 4.99. The molecule has 102 valence electrons. The van der Waals surface area contributed by atoms with Crippen molar-refractivity contribution in [2.24, 2.45) is 0 Å². The molecular formula is C14H20N4O. The average Bonchev–Trinajstić information content (AvgIpc) is 2.83. The van der Waals surface area contributed by atoms with Crippen molar-refractivity contribution in [1.82, 2.24) is 14.7 Å². The van der Waals surface area contributed by atoms with Crippen molar-refractivity contribution in [3.63, 3.8) is 0 Å². The quantitative estimate of drug-likeness (QED) is 0.843. The maximum atomic E-state index is 5.83. The summed E-state index contributed by atoms with van der Waals surface area (Å²) in [7, 11) is 0. The van der Waals surface area contributed by atoms with Gasteiger partial charge in [0.15, 0.2) is 0 Å². The van der Waals surface area contributed by atoms with E-state index in [-0.39, 0.29) is 0 Å². The number of aromatic nitrogens is 2. The third-order valence-electron chi connectivity index (χ3n) is 3.62. The van der Waals surface area contributed by atoms with Gasteiger partial charge >= 0.3 is 0 Å². The van der Waals surface area contributed by atoms with Crippen LogP contribution in [0.1, 0.15) is 6.42 Å². The lowest BCUT2D eigenvalue weighted by Crippen LogP contribution is -2.37. The van der Waals surface area contributed by atoms with Gasteiger partial charge in [-0.3, -0.25) is 9.58 Å². The van der Waals surface area contributed by atoms with Crippen LogP contribution < -0.4 is 5.73 Å². The Morgan fingerprint density at radius 3 is 2.89 bits per heavy atom. The standard InChI is InChI=1S/C14H20N4O/c15-13-3-2-12-11-16-18(14(12)10-13)5-1-4-17-6-8-19-9-7-17/h2-3,10-11H,1,4-9,15H2. The predicted molar refractivity (Wildman–Crippen MR) is 76.0 cm³/mol. The Balaban J connectivity index is 1.60. The number of nitrogens with two attached hydrogens (primary N) is 1. The van der Waals surface area contributed by atoms with Crippen molar-refractivity contribution in [2.45, 2.75) is 13.0 Å². The van der Waals surface area contributed by atoms with Gasteiger partial charge in [0, 0.05) is 37.3 Å². The molecule has 0 bridgehead atoms. The van der Waals surface area contributed by atoms with Crippen molar-refractivity contribution < 1.29 is 4.74 Å². The molecule has 1 aromatic carbocycles. The van der Waals surface area contributed by atoms with Gasteiger partial charge in [-0.2, -0.15) is 5.10 Å². The van der Waals surface area contributed by atoms with E-state index in [9.17, 15) is 0 Å². The highest BCUT2D eigenvalue weighted by Crippen LogP contribution is 2.17. The Kier molecular flexibility index (Phi) is 3.66. The molecule has 5 heteroatoms. The summed E-state index contributed by atoms with van der Waals surface area (Å²) in [4.78, 5) is 2.45. The Hall–Kier alpha value is -1.59. The number of nitrogen functional groups attached to an aromatic ring is 1. The number of fused-ring (bicyclic) bond motifs is 1. The lowest BCUT2D eigenvalue weighted by molar-refractivity contribution is 0.0368. The number of hydrogen-bond donors (Lipinski definition) is 1. The lowest BCUT2D eigenvalue weighted by atomic mass is 10.2. The SMILES string of the molecule is Nc1ccc2cnn(CCCN3CCOCC3)c2c1. The van der Waals surface area contributed by atoms with E-state index < -0.39 is 0 Å². The van der Waals surface area contributed by atoms with Gasteiger partial charge in [-0.1, -0.05) is 0 Å². The van der Waals surface area contributed by atoms with Crippen LogP contribution in [-0.4, -0.2) is 47.5 Å². The molecule has 5 nitrogen and oxygen atoms in total. The van der Waals surface area contributed by atoms with Crippen LogP contribution in [0.2, 0.25) is 0 Å². The van der Waals surface area contributed by atoms with Gasteiger partial charge in [0.2, 0.25) is 0 Å². The molecule has 1 aromatic heterocycles. The summed E-state index contributed by atoms with van der Waals surface area (Å²) in [5.41, 5.74) is 7.76. The van der Waals surface area contributed by atoms with Gasteiger partial charge in [0.05, 0.1) is 24.9 Å². The van der Waals surface area contributed by atoms with Crippen LogP contribution in [0.15, 0.2) is 24.4 Å². The van der Waals surface area contributed by atoms with Crippen molar-refractivity contribution in [3.05, 3.63) is 24.4 Å². The normalized spacial score (nSPS) is 17.1. The summed E-state index contributed by atoms with van der Waals surface area (Å²) >= 11 is 0. The number of rotatable bonds is 4. The Bertz CT molecular complexity index is 545. The largest absolute Gasteiger partial charge is 0.399 e. The molecule has 0 spiro atoms. The van der Waals surface area contributed by atoms with Gasteiger partial charge in [0.1, 0.15) is 0 Å². The number of aryl methyl sites for hydroxylation is 1. The van der Waals surface area contributed by atoms with Gasteiger partial charge in [0.25, 0.3) is 0 Å². The van der Waals surface area contributed by atoms with Gasteiger partial charge in [-0.15, -0.1) is 0 Å². The number of morpholine rings is 1. The molecule has 0 aliphatic carbocycles. The third-order valence-corrected chi connectivity index (χ3v) is 3.62. The molecule has 1 fully saturated rings. The van der Waals surface area contributed by atoms with Crippen LogP contribution >= 0.6 is 0 Å². The van der Waals surface area contributed by atoms with Crippen molar-refractivity contribution in [2.75, 3.05) is 38.6 Å². The van der Waals surface area contributed by atoms with Gasteiger partial charge < -0.3 is 10.5 Å². The summed E-state index contributed by atoms with van der Waals surface area (Å²) in [6.45, 7) is 5.86. The van der Waals surface area contributed by atoms with E-state index in [1.54, 1.807) is 0 Å². The number of benzene rings is 1. The predicted octanol–water partition coefficient (Wildman–Crippen LogP) is 1.34. The molecule has 2 aromatic rings.